The lowest BCUT2D eigenvalue weighted by Gasteiger charge is -2.11. The molecule has 0 bridgehead atoms. The van der Waals surface area contributed by atoms with Gasteiger partial charge in [-0.15, -0.1) is 0 Å². The van der Waals surface area contributed by atoms with E-state index in [9.17, 15) is 9.18 Å². The fourth-order valence-electron chi connectivity index (χ4n) is 3.12. The molecule has 3 heterocycles. The predicted octanol–water partition coefficient (Wildman–Crippen LogP) is 5.25. The molecule has 0 aliphatic rings. The van der Waals surface area contributed by atoms with Crippen LogP contribution in [0.25, 0.3) is 5.82 Å². The van der Waals surface area contributed by atoms with Crippen LogP contribution in [0.15, 0.2) is 55.0 Å². The summed E-state index contributed by atoms with van der Waals surface area (Å²) in [6, 6.07) is 9.13. The monoisotopic (exact) mass is 578 g/mol. The number of benzene rings is 1. The van der Waals surface area contributed by atoms with Crippen molar-refractivity contribution >= 4 is 51.6 Å². The summed E-state index contributed by atoms with van der Waals surface area (Å²) in [4.78, 5) is 21.1. The fourth-order valence-corrected chi connectivity index (χ4v) is 3.75. The number of hydrogen-bond donors (Lipinski definition) is 2. The fraction of sp³-hybridized carbons (Fsp3) is 0.0909. The van der Waals surface area contributed by atoms with Crippen LogP contribution in [-0.4, -0.2) is 25.7 Å². The number of amides is 1. The summed E-state index contributed by atoms with van der Waals surface area (Å²) in [6.07, 6.45) is 5.01. The molecule has 33 heavy (non-hydrogen) atoms. The first-order chi connectivity index (χ1) is 15.9. The second-order valence-electron chi connectivity index (χ2n) is 6.79. The molecule has 8 nitrogen and oxygen atoms in total. The first-order valence-electron chi connectivity index (χ1n) is 9.75. The van der Waals surface area contributed by atoms with Crippen molar-refractivity contribution in [3.63, 3.8) is 0 Å². The summed E-state index contributed by atoms with van der Waals surface area (Å²) in [7, 11) is 0. The summed E-state index contributed by atoms with van der Waals surface area (Å²) in [5.74, 6) is 0.00124. The molecule has 3 aromatic heterocycles. The first-order valence-corrected chi connectivity index (χ1v) is 11.2. The number of pyridine rings is 2. The van der Waals surface area contributed by atoms with Crippen molar-refractivity contribution in [1.82, 2.24) is 19.7 Å². The molecule has 1 aromatic carbocycles. The van der Waals surface area contributed by atoms with Crippen LogP contribution >= 0.6 is 34.2 Å². The smallest absolute Gasteiger partial charge is 0.259 e. The summed E-state index contributed by atoms with van der Waals surface area (Å²) in [5.41, 5.74) is 6.98. The van der Waals surface area contributed by atoms with E-state index in [0.29, 0.717) is 37.8 Å². The Bertz CT molecular complexity index is 1350. The SMILES string of the molecule is CCc1c(C(=O)Nc2ccc(Oc3ccnc(N)c3I)c(F)c2)cnn1-c1ncccc1Cl. The Kier molecular flexibility index (Phi) is 6.75. The van der Waals surface area contributed by atoms with Gasteiger partial charge in [0.15, 0.2) is 17.4 Å². The van der Waals surface area contributed by atoms with Gasteiger partial charge >= 0.3 is 0 Å². The van der Waals surface area contributed by atoms with E-state index in [-0.39, 0.29) is 17.3 Å². The molecular weight excluding hydrogens is 562 g/mol. The number of nitrogen functional groups attached to an aromatic ring is 1. The number of hydrogen-bond acceptors (Lipinski definition) is 6. The highest BCUT2D eigenvalue weighted by atomic mass is 127. The molecule has 0 radical (unpaired) electrons. The molecule has 0 saturated heterocycles. The Morgan fingerprint density at radius 3 is 2.79 bits per heavy atom. The van der Waals surface area contributed by atoms with E-state index in [1.54, 1.807) is 30.5 Å². The van der Waals surface area contributed by atoms with E-state index in [1.807, 2.05) is 29.5 Å². The molecule has 168 valence electrons. The van der Waals surface area contributed by atoms with Gasteiger partial charge in [0, 0.05) is 30.2 Å². The largest absolute Gasteiger partial charge is 0.453 e. The molecule has 0 fully saturated rings. The number of ether oxygens (including phenoxy) is 1. The molecule has 0 spiro atoms. The topological polar surface area (TPSA) is 108 Å². The van der Waals surface area contributed by atoms with Crippen LogP contribution in [0.1, 0.15) is 23.0 Å². The Hall–Kier alpha value is -3.25. The molecule has 0 aliphatic carbocycles. The van der Waals surface area contributed by atoms with Gasteiger partial charge in [-0.2, -0.15) is 5.10 Å². The maximum Gasteiger partial charge on any atom is 0.259 e. The summed E-state index contributed by atoms with van der Waals surface area (Å²) >= 11 is 8.20. The van der Waals surface area contributed by atoms with Crippen molar-refractivity contribution < 1.29 is 13.9 Å². The Labute approximate surface area is 207 Å². The Morgan fingerprint density at radius 1 is 1.24 bits per heavy atom. The minimum absolute atomic E-state index is 0.0108. The molecule has 3 N–H and O–H groups in total. The van der Waals surface area contributed by atoms with Gasteiger partial charge in [-0.3, -0.25) is 4.79 Å². The van der Waals surface area contributed by atoms with Crippen LogP contribution < -0.4 is 15.8 Å². The number of anilines is 2. The maximum absolute atomic E-state index is 14.7. The number of carbonyl (C=O) groups is 1. The third kappa shape index (κ3) is 4.76. The third-order valence-corrected chi connectivity index (χ3v) is 6.06. The molecular formula is C22H17ClFIN6O2. The minimum atomic E-state index is -0.648. The lowest BCUT2D eigenvalue weighted by molar-refractivity contribution is 0.102. The molecule has 0 aliphatic heterocycles. The number of halogens is 3. The van der Waals surface area contributed by atoms with Crippen LogP contribution in [0, 0.1) is 9.39 Å². The van der Waals surface area contributed by atoms with Gasteiger partial charge in [-0.1, -0.05) is 18.5 Å². The third-order valence-electron chi connectivity index (χ3n) is 4.68. The molecule has 11 heteroatoms. The quantitative estimate of drug-likeness (QED) is 0.303. The second kappa shape index (κ2) is 9.71. The zero-order valence-electron chi connectivity index (χ0n) is 17.2. The molecule has 4 rings (SSSR count). The highest BCUT2D eigenvalue weighted by molar-refractivity contribution is 14.1. The highest BCUT2D eigenvalue weighted by Crippen LogP contribution is 2.31. The minimum Gasteiger partial charge on any atom is -0.453 e. The molecule has 0 unspecified atom stereocenters. The Balaban J connectivity index is 1.55. The van der Waals surface area contributed by atoms with E-state index in [0.717, 1.165) is 0 Å². The van der Waals surface area contributed by atoms with Crippen LogP contribution in [0.2, 0.25) is 5.02 Å². The van der Waals surface area contributed by atoms with Crippen molar-refractivity contribution in [2.75, 3.05) is 11.1 Å². The van der Waals surface area contributed by atoms with Crippen molar-refractivity contribution in [2.24, 2.45) is 0 Å². The van der Waals surface area contributed by atoms with E-state index < -0.39 is 11.7 Å². The number of carbonyl (C=O) groups excluding carboxylic acids is 1. The summed E-state index contributed by atoms with van der Waals surface area (Å²) in [6.45, 7) is 1.89. The van der Waals surface area contributed by atoms with Crippen LogP contribution in [0.3, 0.4) is 0 Å². The number of rotatable bonds is 6. The number of aromatic nitrogens is 4. The van der Waals surface area contributed by atoms with Gasteiger partial charge in [-0.05, 0) is 53.3 Å². The van der Waals surface area contributed by atoms with Gasteiger partial charge in [0.25, 0.3) is 5.91 Å². The average molecular weight is 579 g/mol. The Morgan fingerprint density at radius 2 is 2.06 bits per heavy atom. The number of nitrogens with zero attached hydrogens (tertiary/aromatic N) is 4. The average Bonchev–Trinajstić information content (AvgIpc) is 3.23. The summed E-state index contributed by atoms with van der Waals surface area (Å²) in [5, 5.41) is 7.37. The molecule has 1 amide bonds. The standard InChI is InChI=1S/C22H17ClFIN6O2/c1-2-16-13(11-29-31(16)21-14(23)4-3-8-28-21)22(32)30-12-5-6-17(15(24)10-12)33-18-7-9-27-20(26)19(18)25/h3-11H,2H2,1H3,(H2,26,27)(H,30,32). The predicted molar refractivity (Wildman–Crippen MR) is 132 cm³/mol. The lowest BCUT2D eigenvalue weighted by Crippen LogP contribution is -2.15. The van der Waals surface area contributed by atoms with Crippen molar-refractivity contribution in [3.05, 3.63) is 80.7 Å². The summed E-state index contributed by atoms with van der Waals surface area (Å²) < 4.78 is 22.4. The van der Waals surface area contributed by atoms with Gasteiger partial charge < -0.3 is 15.8 Å². The van der Waals surface area contributed by atoms with Gasteiger partial charge in [0.05, 0.1) is 26.0 Å². The van der Waals surface area contributed by atoms with Gasteiger partial charge in [-0.25, -0.2) is 19.0 Å². The zero-order chi connectivity index (χ0) is 23.5. The van der Waals surface area contributed by atoms with E-state index in [4.69, 9.17) is 22.1 Å². The zero-order valence-corrected chi connectivity index (χ0v) is 20.1. The van der Waals surface area contributed by atoms with Crippen molar-refractivity contribution in [3.8, 4) is 17.3 Å². The van der Waals surface area contributed by atoms with E-state index in [2.05, 4.69) is 20.4 Å². The van der Waals surface area contributed by atoms with E-state index in [1.165, 1.54) is 29.2 Å². The van der Waals surface area contributed by atoms with Crippen LogP contribution in [0.4, 0.5) is 15.9 Å². The first kappa shape index (κ1) is 22.9. The maximum atomic E-state index is 14.7. The second-order valence-corrected chi connectivity index (χ2v) is 8.27. The van der Waals surface area contributed by atoms with Gasteiger partial charge in [0.2, 0.25) is 0 Å². The van der Waals surface area contributed by atoms with Gasteiger partial charge in [0.1, 0.15) is 11.6 Å². The van der Waals surface area contributed by atoms with Crippen LogP contribution in [-0.2, 0) is 6.42 Å². The highest BCUT2D eigenvalue weighted by Gasteiger charge is 2.20. The molecule has 4 aromatic rings. The number of nitrogens with two attached hydrogens (primary N) is 1. The van der Waals surface area contributed by atoms with Crippen LogP contribution in [0.5, 0.6) is 11.5 Å². The molecule has 0 saturated carbocycles. The normalized spacial score (nSPS) is 10.8. The molecule has 0 atom stereocenters. The van der Waals surface area contributed by atoms with Crippen molar-refractivity contribution in [1.29, 1.82) is 0 Å². The van der Waals surface area contributed by atoms with E-state index >= 15 is 0 Å². The number of nitrogens with one attached hydrogen (secondary N) is 1. The van der Waals surface area contributed by atoms with Crippen molar-refractivity contribution in [2.45, 2.75) is 13.3 Å². The lowest BCUT2D eigenvalue weighted by atomic mass is 10.2.